The molecule has 1 amide bonds. The highest BCUT2D eigenvalue weighted by Crippen LogP contribution is 2.10. The Labute approximate surface area is 116 Å². The smallest absolute Gasteiger partial charge is 0.224 e. The summed E-state index contributed by atoms with van der Waals surface area (Å²) in [5.41, 5.74) is 1.02. The highest BCUT2D eigenvalue weighted by Gasteiger charge is 2.02. The fraction of sp³-hybridized carbons (Fsp3) is 0.462. The summed E-state index contributed by atoms with van der Waals surface area (Å²) < 4.78 is 5.93. The number of halogens is 1. The van der Waals surface area contributed by atoms with Crippen molar-refractivity contribution in [1.29, 1.82) is 0 Å². The molecule has 0 saturated carbocycles. The Bertz CT molecular complexity index is 355. The number of nitrogens with one attached hydrogen (secondary N) is 2. The SMILES string of the molecule is COCCNCCNC(=O)Cc1ccc(Br)cc1. The molecule has 0 saturated heterocycles. The van der Waals surface area contributed by atoms with Crippen LogP contribution in [0, 0.1) is 0 Å². The summed E-state index contributed by atoms with van der Waals surface area (Å²) in [6, 6.07) is 7.77. The molecule has 0 bridgehead atoms. The van der Waals surface area contributed by atoms with Crippen molar-refractivity contribution in [3.63, 3.8) is 0 Å². The van der Waals surface area contributed by atoms with Crippen molar-refractivity contribution in [1.82, 2.24) is 10.6 Å². The summed E-state index contributed by atoms with van der Waals surface area (Å²) in [6.45, 7) is 2.89. The molecule has 0 aromatic heterocycles. The third-order valence-electron chi connectivity index (χ3n) is 2.38. The van der Waals surface area contributed by atoms with Crippen LogP contribution in [0.4, 0.5) is 0 Å². The average molecular weight is 315 g/mol. The van der Waals surface area contributed by atoms with Gasteiger partial charge in [0.15, 0.2) is 0 Å². The van der Waals surface area contributed by atoms with Gasteiger partial charge in [0.1, 0.15) is 0 Å². The molecule has 100 valence electrons. The summed E-state index contributed by atoms with van der Waals surface area (Å²) in [6.07, 6.45) is 0.422. The number of hydrogen-bond donors (Lipinski definition) is 2. The molecule has 0 radical (unpaired) electrons. The fourth-order valence-electron chi connectivity index (χ4n) is 1.44. The second-order valence-corrected chi connectivity index (χ2v) is 4.81. The molecule has 1 aromatic rings. The molecule has 4 nitrogen and oxygen atoms in total. The van der Waals surface area contributed by atoms with Crippen LogP contribution in [-0.2, 0) is 16.0 Å². The highest BCUT2D eigenvalue weighted by molar-refractivity contribution is 9.10. The van der Waals surface area contributed by atoms with Crippen LogP contribution in [0.3, 0.4) is 0 Å². The normalized spacial score (nSPS) is 10.3. The molecule has 0 aliphatic carbocycles. The van der Waals surface area contributed by atoms with Crippen molar-refractivity contribution < 1.29 is 9.53 Å². The zero-order valence-electron chi connectivity index (χ0n) is 10.5. The predicted molar refractivity (Wildman–Crippen MR) is 75.6 cm³/mol. The number of rotatable bonds is 8. The third-order valence-corrected chi connectivity index (χ3v) is 2.91. The minimum atomic E-state index is 0.0471. The molecule has 2 N–H and O–H groups in total. The molecular formula is C13H19BrN2O2. The molecule has 0 aliphatic rings. The van der Waals surface area contributed by atoms with E-state index >= 15 is 0 Å². The van der Waals surface area contributed by atoms with Gasteiger partial charge >= 0.3 is 0 Å². The van der Waals surface area contributed by atoms with Crippen molar-refractivity contribution in [2.45, 2.75) is 6.42 Å². The van der Waals surface area contributed by atoms with E-state index in [1.54, 1.807) is 7.11 Å². The van der Waals surface area contributed by atoms with Crippen LogP contribution in [0.15, 0.2) is 28.7 Å². The van der Waals surface area contributed by atoms with Gasteiger partial charge in [-0.3, -0.25) is 4.79 Å². The Kier molecular flexibility index (Phi) is 7.64. The maximum atomic E-state index is 11.6. The third kappa shape index (κ3) is 6.74. The van der Waals surface area contributed by atoms with Crippen LogP contribution in [0.2, 0.25) is 0 Å². The maximum absolute atomic E-state index is 11.6. The average Bonchev–Trinajstić information content (AvgIpc) is 2.36. The number of amides is 1. The molecule has 0 spiro atoms. The Morgan fingerprint density at radius 2 is 1.94 bits per heavy atom. The molecule has 5 heteroatoms. The maximum Gasteiger partial charge on any atom is 0.224 e. The first kappa shape index (κ1) is 15.1. The number of carbonyl (C=O) groups is 1. The Morgan fingerprint density at radius 1 is 1.22 bits per heavy atom. The van der Waals surface area contributed by atoms with Gasteiger partial charge in [0.05, 0.1) is 13.0 Å². The second kappa shape index (κ2) is 9.08. The van der Waals surface area contributed by atoms with E-state index in [-0.39, 0.29) is 5.91 Å². The number of benzene rings is 1. The standard InChI is InChI=1S/C13H19BrN2O2/c1-18-9-8-15-6-7-16-13(17)10-11-2-4-12(14)5-3-11/h2-5,15H,6-10H2,1H3,(H,16,17). The summed E-state index contributed by atoms with van der Waals surface area (Å²) in [7, 11) is 1.67. The number of ether oxygens (including phenoxy) is 1. The van der Waals surface area contributed by atoms with Gasteiger partial charge < -0.3 is 15.4 Å². The lowest BCUT2D eigenvalue weighted by molar-refractivity contribution is -0.120. The first-order valence-electron chi connectivity index (χ1n) is 5.93. The molecule has 1 rings (SSSR count). The van der Waals surface area contributed by atoms with Gasteiger partial charge in [-0.2, -0.15) is 0 Å². The van der Waals surface area contributed by atoms with Crippen molar-refractivity contribution >= 4 is 21.8 Å². The van der Waals surface area contributed by atoms with E-state index in [1.165, 1.54) is 0 Å². The molecule has 0 unspecified atom stereocenters. The van der Waals surface area contributed by atoms with E-state index in [9.17, 15) is 4.79 Å². The lowest BCUT2D eigenvalue weighted by atomic mass is 10.1. The van der Waals surface area contributed by atoms with Crippen LogP contribution < -0.4 is 10.6 Å². The van der Waals surface area contributed by atoms with Crippen LogP contribution in [0.5, 0.6) is 0 Å². The number of carbonyl (C=O) groups excluding carboxylic acids is 1. The summed E-state index contributed by atoms with van der Waals surface area (Å²) in [4.78, 5) is 11.6. The minimum absolute atomic E-state index is 0.0471. The summed E-state index contributed by atoms with van der Waals surface area (Å²) in [5, 5.41) is 6.04. The quantitative estimate of drug-likeness (QED) is 0.712. The van der Waals surface area contributed by atoms with Crippen LogP contribution in [-0.4, -0.2) is 39.3 Å². The summed E-state index contributed by atoms with van der Waals surface area (Å²) >= 11 is 3.36. The molecule has 0 heterocycles. The first-order valence-corrected chi connectivity index (χ1v) is 6.72. The van der Waals surface area contributed by atoms with Gasteiger partial charge in [-0.1, -0.05) is 28.1 Å². The van der Waals surface area contributed by atoms with E-state index in [2.05, 4.69) is 26.6 Å². The van der Waals surface area contributed by atoms with Crippen molar-refractivity contribution in [2.24, 2.45) is 0 Å². The Morgan fingerprint density at radius 3 is 2.61 bits per heavy atom. The summed E-state index contributed by atoms with van der Waals surface area (Å²) in [5.74, 6) is 0.0471. The van der Waals surface area contributed by atoms with Crippen LogP contribution >= 0.6 is 15.9 Å². The predicted octanol–water partition coefficient (Wildman–Crippen LogP) is 1.34. The Balaban J connectivity index is 2.12. The van der Waals surface area contributed by atoms with Crippen molar-refractivity contribution in [2.75, 3.05) is 33.4 Å². The Hall–Kier alpha value is -0.910. The van der Waals surface area contributed by atoms with Gasteiger partial charge in [-0.15, -0.1) is 0 Å². The van der Waals surface area contributed by atoms with Gasteiger partial charge in [0, 0.05) is 31.2 Å². The molecular weight excluding hydrogens is 296 g/mol. The monoisotopic (exact) mass is 314 g/mol. The number of methoxy groups -OCH3 is 1. The zero-order chi connectivity index (χ0) is 13.2. The fourth-order valence-corrected chi connectivity index (χ4v) is 1.70. The van der Waals surface area contributed by atoms with Gasteiger partial charge in [-0.25, -0.2) is 0 Å². The van der Waals surface area contributed by atoms with E-state index in [0.29, 0.717) is 19.6 Å². The largest absolute Gasteiger partial charge is 0.383 e. The van der Waals surface area contributed by atoms with E-state index < -0.39 is 0 Å². The van der Waals surface area contributed by atoms with Gasteiger partial charge in [0.2, 0.25) is 5.91 Å². The van der Waals surface area contributed by atoms with Gasteiger partial charge in [-0.05, 0) is 17.7 Å². The topological polar surface area (TPSA) is 50.4 Å². The molecule has 0 aliphatic heterocycles. The van der Waals surface area contributed by atoms with Crippen molar-refractivity contribution in [3.8, 4) is 0 Å². The first-order chi connectivity index (χ1) is 8.72. The lowest BCUT2D eigenvalue weighted by Crippen LogP contribution is -2.33. The van der Waals surface area contributed by atoms with E-state index in [4.69, 9.17) is 4.74 Å². The minimum Gasteiger partial charge on any atom is -0.383 e. The number of hydrogen-bond acceptors (Lipinski definition) is 3. The van der Waals surface area contributed by atoms with Crippen LogP contribution in [0.25, 0.3) is 0 Å². The molecule has 0 fully saturated rings. The molecule has 18 heavy (non-hydrogen) atoms. The second-order valence-electron chi connectivity index (χ2n) is 3.90. The highest BCUT2D eigenvalue weighted by atomic mass is 79.9. The van der Waals surface area contributed by atoms with E-state index in [1.807, 2.05) is 24.3 Å². The zero-order valence-corrected chi connectivity index (χ0v) is 12.1. The van der Waals surface area contributed by atoms with Crippen LogP contribution in [0.1, 0.15) is 5.56 Å². The van der Waals surface area contributed by atoms with Crippen molar-refractivity contribution in [3.05, 3.63) is 34.3 Å². The molecule has 0 atom stereocenters. The van der Waals surface area contributed by atoms with E-state index in [0.717, 1.165) is 23.1 Å². The lowest BCUT2D eigenvalue weighted by Gasteiger charge is -2.06. The van der Waals surface area contributed by atoms with Gasteiger partial charge in [0.25, 0.3) is 0 Å². The molecule has 1 aromatic carbocycles.